The molecule has 0 aromatic heterocycles. The number of fused-ring (bicyclic) bond motifs is 1. The van der Waals surface area contributed by atoms with Crippen molar-refractivity contribution in [2.75, 3.05) is 10.2 Å². The second kappa shape index (κ2) is 9.31. The summed E-state index contributed by atoms with van der Waals surface area (Å²) in [5.41, 5.74) is 3.43. The molecule has 0 bridgehead atoms. The first-order valence-corrected chi connectivity index (χ1v) is 11.0. The van der Waals surface area contributed by atoms with Crippen molar-refractivity contribution in [3.05, 3.63) is 94.5 Å². The first-order chi connectivity index (χ1) is 16.3. The summed E-state index contributed by atoms with van der Waals surface area (Å²) in [5.74, 6) is -2.20. The maximum atomic E-state index is 13.0. The number of ether oxygens (including phenoxy) is 1. The van der Waals surface area contributed by atoms with Gasteiger partial charge in [0.05, 0.1) is 22.4 Å². The Balaban J connectivity index is 1.47. The van der Waals surface area contributed by atoms with Gasteiger partial charge in [-0.15, -0.1) is 0 Å². The number of hydrogen-bond acceptors (Lipinski definition) is 5. The van der Waals surface area contributed by atoms with E-state index in [1.807, 2.05) is 38.1 Å². The van der Waals surface area contributed by atoms with E-state index in [2.05, 4.69) is 5.32 Å². The molecule has 0 spiro atoms. The lowest BCUT2D eigenvalue weighted by atomic mass is 10.1. The highest BCUT2D eigenvalue weighted by Gasteiger charge is 2.38. The van der Waals surface area contributed by atoms with Gasteiger partial charge < -0.3 is 10.1 Å². The number of imide groups is 1. The summed E-state index contributed by atoms with van der Waals surface area (Å²) in [5, 5.41) is 2.71. The van der Waals surface area contributed by atoms with Gasteiger partial charge in [0.15, 0.2) is 6.10 Å². The summed E-state index contributed by atoms with van der Waals surface area (Å²) in [6.45, 7) is 5.32. The van der Waals surface area contributed by atoms with Crippen LogP contribution in [0.2, 0.25) is 0 Å². The first kappa shape index (κ1) is 22.9. The molecule has 3 aromatic carbocycles. The highest BCUT2D eigenvalue weighted by molar-refractivity contribution is 6.35. The van der Waals surface area contributed by atoms with Crippen molar-refractivity contribution < 1.29 is 23.9 Å². The van der Waals surface area contributed by atoms with Gasteiger partial charge in [0.25, 0.3) is 17.7 Å². The number of carbonyl (C=O) groups excluding carboxylic acids is 4. The van der Waals surface area contributed by atoms with Crippen LogP contribution in [-0.2, 0) is 16.0 Å². The zero-order valence-corrected chi connectivity index (χ0v) is 19.1. The Hall–Kier alpha value is -4.26. The van der Waals surface area contributed by atoms with E-state index in [-0.39, 0.29) is 16.7 Å². The topological polar surface area (TPSA) is 92.8 Å². The Bertz CT molecular complexity index is 1300. The van der Waals surface area contributed by atoms with Crippen LogP contribution < -0.4 is 10.2 Å². The van der Waals surface area contributed by atoms with Crippen LogP contribution in [0.25, 0.3) is 0 Å². The number of nitrogens with zero attached hydrogens (tertiary/aromatic N) is 1. The Morgan fingerprint density at radius 2 is 1.62 bits per heavy atom. The largest absolute Gasteiger partial charge is 0.449 e. The van der Waals surface area contributed by atoms with Gasteiger partial charge in [0, 0.05) is 5.69 Å². The third kappa shape index (κ3) is 4.32. The van der Waals surface area contributed by atoms with Crippen molar-refractivity contribution in [2.24, 2.45) is 0 Å². The number of para-hydroxylation sites is 1. The van der Waals surface area contributed by atoms with E-state index in [1.54, 1.807) is 24.3 Å². The lowest BCUT2D eigenvalue weighted by molar-refractivity contribution is -0.123. The molecule has 34 heavy (non-hydrogen) atoms. The van der Waals surface area contributed by atoms with Crippen LogP contribution >= 0.6 is 0 Å². The Morgan fingerprint density at radius 3 is 2.29 bits per heavy atom. The number of esters is 1. The van der Waals surface area contributed by atoms with Gasteiger partial charge in [-0.05, 0) is 67.8 Å². The minimum Gasteiger partial charge on any atom is -0.449 e. The van der Waals surface area contributed by atoms with E-state index in [9.17, 15) is 19.2 Å². The van der Waals surface area contributed by atoms with Crippen molar-refractivity contribution in [3.63, 3.8) is 0 Å². The van der Waals surface area contributed by atoms with Crippen molar-refractivity contribution in [2.45, 2.75) is 33.3 Å². The summed E-state index contributed by atoms with van der Waals surface area (Å²) < 4.78 is 5.31. The highest BCUT2D eigenvalue weighted by Crippen LogP contribution is 2.31. The average Bonchev–Trinajstić information content (AvgIpc) is 3.09. The fraction of sp³-hybridized carbons (Fsp3) is 0.185. The van der Waals surface area contributed by atoms with E-state index in [0.29, 0.717) is 11.4 Å². The molecular formula is C27H24N2O5. The maximum Gasteiger partial charge on any atom is 0.338 e. The lowest BCUT2D eigenvalue weighted by Gasteiger charge is -2.16. The number of benzene rings is 3. The van der Waals surface area contributed by atoms with E-state index in [1.165, 1.54) is 25.1 Å². The molecule has 3 amide bonds. The molecular weight excluding hydrogens is 432 g/mol. The SMILES string of the molecule is CCc1ccc(NC(=O)C(C)OC(=O)c2ccc3c(c2)C(=O)N(c2ccccc2C)C3=O)cc1. The number of amides is 3. The Kier molecular flexibility index (Phi) is 6.27. The zero-order valence-electron chi connectivity index (χ0n) is 19.1. The number of hydrogen-bond donors (Lipinski definition) is 1. The monoisotopic (exact) mass is 456 g/mol. The second-order valence-corrected chi connectivity index (χ2v) is 8.08. The van der Waals surface area contributed by atoms with Gasteiger partial charge in [-0.1, -0.05) is 37.3 Å². The van der Waals surface area contributed by atoms with Gasteiger partial charge in [-0.2, -0.15) is 0 Å². The molecule has 7 heteroatoms. The molecule has 7 nitrogen and oxygen atoms in total. The molecule has 1 aliphatic rings. The molecule has 1 heterocycles. The standard InChI is InChI=1S/C27H24N2O5/c1-4-18-9-12-20(13-10-18)28-24(30)17(3)34-27(33)19-11-14-21-22(15-19)26(32)29(25(21)31)23-8-6-5-7-16(23)2/h5-15,17H,4H2,1-3H3,(H,28,30). The molecule has 1 atom stereocenters. The third-order valence-corrected chi connectivity index (χ3v) is 5.76. The molecule has 1 unspecified atom stereocenters. The Morgan fingerprint density at radius 1 is 0.941 bits per heavy atom. The van der Waals surface area contributed by atoms with Gasteiger partial charge in [-0.3, -0.25) is 14.4 Å². The average molecular weight is 456 g/mol. The molecule has 0 aliphatic carbocycles. The van der Waals surface area contributed by atoms with Gasteiger partial charge in [0.1, 0.15) is 0 Å². The van der Waals surface area contributed by atoms with Crippen molar-refractivity contribution >= 4 is 35.1 Å². The van der Waals surface area contributed by atoms with E-state index >= 15 is 0 Å². The first-order valence-electron chi connectivity index (χ1n) is 11.0. The molecule has 0 saturated carbocycles. The summed E-state index contributed by atoms with van der Waals surface area (Å²) in [6, 6.07) is 18.7. The van der Waals surface area contributed by atoms with Crippen LogP contribution in [0.3, 0.4) is 0 Å². The maximum absolute atomic E-state index is 13.0. The number of nitrogens with one attached hydrogen (secondary N) is 1. The van der Waals surface area contributed by atoms with Crippen LogP contribution in [0.15, 0.2) is 66.7 Å². The van der Waals surface area contributed by atoms with Crippen LogP contribution in [0.5, 0.6) is 0 Å². The van der Waals surface area contributed by atoms with Crippen LogP contribution in [0.1, 0.15) is 56.0 Å². The second-order valence-electron chi connectivity index (χ2n) is 8.08. The highest BCUT2D eigenvalue weighted by atomic mass is 16.5. The molecule has 1 N–H and O–H groups in total. The number of rotatable bonds is 6. The van der Waals surface area contributed by atoms with Crippen LogP contribution in [0, 0.1) is 6.92 Å². The number of aryl methyl sites for hydroxylation is 2. The molecule has 4 rings (SSSR count). The van der Waals surface area contributed by atoms with Crippen LogP contribution in [-0.4, -0.2) is 29.8 Å². The summed E-state index contributed by atoms with van der Waals surface area (Å²) in [7, 11) is 0. The normalized spacial score (nSPS) is 13.4. The predicted octanol–water partition coefficient (Wildman–Crippen LogP) is 4.54. The minimum atomic E-state index is -1.06. The van der Waals surface area contributed by atoms with E-state index < -0.39 is 29.8 Å². The summed E-state index contributed by atoms with van der Waals surface area (Å²) >= 11 is 0. The Labute approximate surface area is 197 Å². The van der Waals surface area contributed by atoms with Gasteiger partial charge in [0.2, 0.25) is 0 Å². The number of carbonyl (C=O) groups is 4. The van der Waals surface area contributed by atoms with E-state index in [4.69, 9.17) is 4.74 Å². The molecule has 0 fully saturated rings. The molecule has 172 valence electrons. The molecule has 0 radical (unpaired) electrons. The number of anilines is 2. The summed E-state index contributed by atoms with van der Waals surface area (Å²) in [6.07, 6.45) is -0.174. The summed E-state index contributed by atoms with van der Waals surface area (Å²) in [4.78, 5) is 52.1. The van der Waals surface area contributed by atoms with Crippen molar-refractivity contribution in [1.29, 1.82) is 0 Å². The fourth-order valence-corrected chi connectivity index (χ4v) is 3.75. The molecule has 1 aliphatic heterocycles. The molecule has 3 aromatic rings. The van der Waals surface area contributed by atoms with Crippen molar-refractivity contribution in [1.82, 2.24) is 0 Å². The predicted molar refractivity (Wildman–Crippen MR) is 128 cm³/mol. The quantitative estimate of drug-likeness (QED) is 0.434. The van der Waals surface area contributed by atoms with Crippen LogP contribution in [0.4, 0.5) is 11.4 Å². The van der Waals surface area contributed by atoms with Crippen molar-refractivity contribution in [3.8, 4) is 0 Å². The smallest absolute Gasteiger partial charge is 0.338 e. The minimum absolute atomic E-state index is 0.0819. The fourth-order valence-electron chi connectivity index (χ4n) is 3.75. The van der Waals surface area contributed by atoms with E-state index in [0.717, 1.165) is 22.4 Å². The zero-order chi connectivity index (χ0) is 24.4. The van der Waals surface area contributed by atoms with Gasteiger partial charge in [-0.25, -0.2) is 9.69 Å². The van der Waals surface area contributed by atoms with Gasteiger partial charge >= 0.3 is 5.97 Å². The molecule has 0 saturated heterocycles. The lowest BCUT2D eigenvalue weighted by Crippen LogP contribution is -2.30. The third-order valence-electron chi connectivity index (χ3n) is 5.76.